The topological polar surface area (TPSA) is 39.2 Å². The van der Waals surface area contributed by atoms with E-state index in [1.807, 2.05) is 31.2 Å². The van der Waals surface area contributed by atoms with Gasteiger partial charge >= 0.3 is 0 Å². The van der Waals surface area contributed by atoms with E-state index in [-0.39, 0.29) is 5.78 Å². The van der Waals surface area contributed by atoms with E-state index >= 15 is 0 Å². The van der Waals surface area contributed by atoms with Gasteiger partial charge in [-0.3, -0.25) is 9.78 Å². The van der Waals surface area contributed by atoms with Crippen LogP contribution in [0.3, 0.4) is 0 Å². The van der Waals surface area contributed by atoms with Crippen LogP contribution in [-0.4, -0.2) is 17.9 Å². The molecule has 3 nitrogen and oxygen atoms in total. The molecule has 0 atom stereocenters. The highest BCUT2D eigenvalue weighted by molar-refractivity contribution is 5.97. The largest absolute Gasteiger partial charge is 0.495 e. The van der Waals surface area contributed by atoms with E-state index in [9.17, 15) is 4.79 Å². The summed E-state index contributed by atoms with van der Waals surface area (Å²) >= 11 is 0. The van der Waals surface area contributed by atoms with Crippen LogP contribution >= 0.6 is 0 Å². The number of ether oxygens (including phenoxy) is 1. The smallest absolute Gasteiger partial charge is 0.168 e. The van der Waals surface area contributed by atoms with E-state index in [0.717, 1.165) is 11.1 Å². The van der Waals surface area contributed by atoms with Crippen LogP contribution in [0.4, 0.5) is 0 Å². The lowest BCUT2D eigenvalue weighted by Gasteiger charge is -2.04. The first-order chi connectivity index (χ1) is 8.69. The average Bonchev–Trinajstić information content (AvgIpc) is 2.39. The molecule has 0 radical (unpaired) electrons. The summed E-state index contributed by atoms with van der Waals surface area (Å²) < 4.78 is 5.06. The maximum atomic E-state index is 12.1. The summed E-state index contributed by atoms with van der Waals surface area (Å²) in [5.41, 5.74) is 2.75. The quantitative estimate of drug-likeness (QED) is 0.773. The van der Waals surface area contributed by atoms with Crippen LogP contribution in [0.25, 0.3) is 0 Å². The number of carbonyl (C=O) groups is 1. The minimum atomic E-state index is 0.0481. The molecule has 0 saturated carbocycles. The second kappa shape index (κ2) is 5.45. The van der Waals surface area contributed by atoms with Crippen LogP contribution in [0.5, 0.6) is 5.75 Å². The van der Waals surface area contributed by atoms with Gasteiger partial charge in [0.1, 0.15) is 5.75 Å². The fourth-order valence-electron chi connectivity index (χ4n) is 1.79. The van der Waals surface area contributed by atoms with Crippen molar-refractivity contribution >= 4 is 5.78 Å². The predicted octanol–water partition coefficient (Wildman–Crippen LogP) is 2.82. The zero-order valence-electron chi connectivity index (χ0n) is 10.5. The Morgan fingerprint density at radius 3 is 2.83 bits per heavy atom. The number of benzene rings is 1. The molecule has 2 rings (SSSR count). The molecular formula is C15H15NO2. The molecule has 3 heteroatoms. The molecular weight excluding hydrogens is 226 g/mol. The van der Waals surface area contributed by atoms with E-state index in [1.54, 1.807) is 25.6 Å². The van der Waals surface area contributed by atoms with Gasteiger partial charge in [-0.1, -0.05) is 29.8 Å². The summed E-state index contributed by atoms with van der Waals surface area (Å²) in [6, 6.07) is 9.66. The van der Waals surface area contributed by atoms with Crippen LogP contribution in [-0.2, 0) is 6.42 Å². The molecule has 2 aromatic rings. The molecule has 0 aliphatic heterocycles. The molecule has 1 heterocycles. The van der Waals surface area contributed by atoms with Crippen molar-refractivity contribution in [2.75, 3.05) is 7.11 Å². The standard InChI is InChI=1S/C15H15NO2/c1-11-4-3-5-12(6-11)7-15(17)13-8-14(18-2)10-16-9-13/h3-6,8-10H,7H2,1-2H3. The molecule has 92 valence electrons. The van der Waals surface area contributed by atoms with E-state index < -0.39 is 0 Å². The summed E-state index contributed by atoms with van der Waals surface area (Å²) in [6.07, 6.45) is 3.54. The number of ketones is 1. The molecule has 0 N–H and O–H groups in total. The molecule has 0 spiro atoms. The lowest BCUT2D eigenvalue weighted by Crippen LogP contribution is -2.04. The van der Waals surface area contributed by atoms with Crippen molar-refractivity contribution in [2.45, 2.75) is 13.3 Å². The molecule has 18 heavy (non-hydrogen) atoms. The van der Waals surface area contributed by atoms with Crippen molar-refractivity contribution in [1.29, 1.82) is 0 Å². The molecule has 0 bridgehead atoms. The summed E-state index contributed by atoms with van der Waals surface area (Å²) in [4.78, 5) is 16.1. The van der Waals surface area contributed by atoms with Gasteiger partial charge in [0.15, 0.2) is 5.78 Å². The number of rotatable bonds is 4. The van der Waals surface area contributed by atoms with Gasteiger partial charge in [0, 0.05) is 18.2 Å². The van der Waals surface area contributed by atoms with Crippen LogP contribution < -0.4 is 4.74 Å². The third-order valence-electron chi connectivity index (χ3n) is 2.72. The second-order valence-electron chi connectivity index (χ2n) is 4.20. The van der Waals surface area contributed by atoms with Gasteiger partial charge in [0.25, 0.3) is 0 Å². The molecule has 0 saturated heterocycles. The highest BCUT2D eigenvalue weighted by Gasteiger charge is 2.08. The van der Waals surface area contributed by atoms with Gasteiger partial charge in [0.05, 0.1) is 13.3 Å². The molecule has 0 amide bonds. The van der Waals surface area contributed by atoms with Crippen molar-refractivity contribution in [3.8, 4) is 5.75 Å². The Bertz CT molecular complexity index is 564. The van der Waals surface area contributed by atoms with Gasteiger partial charge in [0.2, 0.25) is 0 Å². The number of aromatic nitrogens is 1. The Balaban J connectivity index is 2.16. The molecule has 0 aliphatic carbocycles. The fraction of sp³-hybridized carbons (Fsp3) is 0.200. The summed E-state index contributed by atoms with van der Waals surface area (Å²) in [5.74, 6) is 0.650. The van der Waals surface area contributed by atoms with Crippen molar-refractivity contribution in [2.24, 2.45) is 0 Å². The molecule has 0 aliphatic rings. The average molecular weight is 241 g/mol. The van der Waals surface area contributed by atoms with E-state index in [4.69, 9.17) is 4.74 Å². The van der Waals surface area contributed by atoms with Crippen LogP contribution in [0.1, 0.15) is 21.5 Å². The number of hydrogen-bond acceptors (Lipinski definition) is 3. The molecule has 0 unspecified atom stereocenters. The first-order valence-electron chi connectivity index (χ1n) is 5.77. The number of methoxy groups -OCH3 is 1. The fourth-order valence-corrected chi connectivity index (χ4v) is 1.79. The maximum Gasteiger partial charge on any atom is 0.168 e. The second-order valence-corrected chi connectivity index (χ2v) is 4.20. The Labute approximate surface area is 106 Å². The first-order valence-corrected chi connectivity index (χ1v) is 5.77. The van der Waals surface area contributed by atoms with Gasteiger partial charge in [-0.25, -0.2) is 0 Å². The lowest BCUT2D eigenvalue weighted by atomic mass is 10.0. The number of pyridine rings is 1. The zero-order chi connectivity index (χ0) is 13.0. The van der Waals surface area contributed by atoms with Crippen LogP contribution in [0.15, 0.2) is 42.7 Å². The van der Waals surface area contributed by atoms with Crippen molar-refractivity contribution < 1.29 is 9.53 Å². The number of Topliss-reactive ketones (excluding diaryl/α,β-unsaturated/α-hetero) is 1. The van der Waals surface area contributed by atoms with Crippen LogP contribution in [0.2, 0.25) is 0 Å². The minimum absolute atomic E-state index is 0.0481. The third-order valence-corrected chi connectivity index (χ3v) is 2.72. The van der Waals surface area contributed by atoms with E-state index in [1.165, 1.54) is 0 Å². The van der Waals surface area contributed by atoms with E-state index in [0.29, 0.717) is 17.7 Å². The molecule has 1 aromatic heterocycles. The minimum Gasteiger partial charge on any atom is -0.495 e. The van der Waals surface area contributed by atoms with Crippen molar-refractivity contribution in [1.82, 2.24) is 4.98 Å². The monoisotopic (exact) mass is 241 g/mol. The molecule has 1 aromatic carbocycles. The van der Waals surface area contributed by atoms with E-state index in [2.05, 4.69) is 4.98 Å². The summed E-state index contributed by atoms with van der Waals surface area (Å²) in [5, 5.41) is 0. The Hall–Kier alpha value is -2.16. The van der Waals surface area contributed by atoms with Gasteiger partial charge in [-0.15, -0.1) is 0 Å². The Morgan fingerprint density at radius 1 is 1.28 bits per heavy atom. The highest BCUT2D eigenvalue weighted by Crippen LogP contribution is 2.13. The molecule has 0 fully saturated rings. The van der Waals surface area contributed by atoms with Gasteiger partial charge in [-0.2, -0.15) is 0 Å². The lowest BCUT2D eigenvalue weighted by molar-refractivity contribution is 0.0992. The highest BCUT2D eigenvalue weighted by atomic mass is 16.5. The predicted molar refractivity (Wildman–Crippen MR) is 70.0 cm³/mol. The number of aryl methyl sites for hydroxylation is 1. The summed E-state index contributed by atoms with van der Waals surface area (Å²) in [6.45, 7) is 2.01. The number of carbonyl (C=O) groups excluding carboxylic acids is 1. The first kappa shape index (κ1) is 12.3. The van der Waals surface area contributed by atoms with Gasteiger partial charge < -0.3 is 4.74 Å². The zero-order valence-corrected chi connectivity index (χ0v) is 10.5. The van der Waals surface area contributed by atoms with Crippen molar-refractivity contribution in [3.05, 3.63) is 59.4 Å². The Kier molecular flexibility index (Phi) is 3.72. The number of nitrogens with zero attached hydrogens (tertiary/aromatic N) is 1. The normalized spacial score (nSPS) is 10.1. The third kappa shape index (κ3) is 2.94. The Morgan fingerprint density at radius 2 is 2.11 bits per heavy atom. The van der Waals surface area contributed by atoms with Crippen LogP contribution in [0, 0.1) is 6.92 Å². The van der Waals surface area contributed by atoms with Gasteiger partial charge in [-0.05, 0) is 18.6 Å². The van der Waals surface area contributed by atoms with Crippen molar-refractivity contribution in [3.63, 3.8) is 0 Å². The maximum absolute atomic E-state index is 12.1. The number of hydrogen-bond donors (Lipinski definition) is 0. The SMILES string of the molecule is COc1cncc(C(=O)Cc2cccc(C)c2)c1. The summed E-state index contributed by atoms with van der Waals surface area (Å²) in [7, 11) is 1.56.